The average molecular weight is 335 g/mol. The van der Waals surface area contributed by atoms with Crippen LogP contribution in [0.3, 0.4) is 0 Å². The van der Waals surface area contributed by atoms with Gasteiger partial charge in [0.1, 0.15) is 0 Å². The van der Waals surface area contributed by atoms with Crippen molar-refractivity contribution in [2.45, 2.75) is 39.0 Å². The van der Waals surface area contributed by atoms with Crippen LogP contribution in [0.4, 0.5) is 5.88 Å². The fraction of sp³-hybridized carbons (Fsp3) is 0.438. The van der Waals surface area contributed by atoms with Crippen LogP contribution in [0.5, 0.6) is 0 Å². The standard InChI is InChI=1S/C16H19BrN2O/c1-16(2)9-5-7-11(16)14-13(15(18)20-19-14)10-6-3-4-8-12(10)17/h3-4,6,8,11H,5,7,9,18H2,1-2H3. The third-order valence-electron chi connectivity index (χ3n) is 4.48. The molecule has 0 spiro atoms. The lowest BCUT2D eigenvalue weighted by Crippen LogP contribution is -2.16. The molecule has 3 rings (SSSR count). The third-order valence-corrected chi connectivity index (χ3v) is 5.17. The van der Waals surface area contributed by atoms with E-state index in [-0.39, 0.29) is 5.41 Å². The van der Waals surface area contributed by atoms with E-state index in [2.05, 4.69) is 41.0 Å². The zero-order chi connectivity index (χ0) is 14.3. The molecule has 2 N–H and O–H groups in total. The molecule has 1 aliphatic carbocycles. The maximum absolute atomic E-state index is 6.05. The molecule has 2 aromatic rings. The van der Waals surface area contributed by atoms with E-state index in [4.69, 9.17) is 10.3 Å². The highest BCUT2D eigenvalue weighted by molar-refractivity contribution is 9.10. The number of hydrogen-bond donors (Lipinski definition) is 1. The van der Waals surface area contributed by atoms with Crippen LogP contribution in [-0.2, 0) is 0 Å². The molecule has 1 saturated carbocycles. The lowest BCUT2D eigenvalue weighted by atomic mass is 9.78. The lowest BCUT2D eigenvalue weighted by Gasteiger charge is -2.26. The van der Waals surface area contributed by atoms with E-state index in [9.17, 15) is 0 Å². The molecule has 1 aromatic carbocycles. The summed E-state index contributed by atoms with van der Waals surface area (Å²) in [6, 6.07) is 8.08. The normalized spacial score (nSPS) is 21.2. The Kier molecular flexibility index (Phi) is 3.36. The molecule has 0 bridgehead atoms. The number of anilines is 1. The Labute approximate surface area is 127 Å². The van der Waals surface area contributed by atoms with Gasteiger partial charge in [-0.05, 0) is 24.3 Å². The van der Waals surface area contributed by atoms with Crippen molar-refractivity contribution >= 4 is 21.8 Å². The Balaban J connectivity index is 2.14. The van der Waals surface area contributed by atoms with Gasteiger partial charge in [-0.2, -0.15) is 0 Å². The predicted molar refractivity (Wildman–Crippen MR) is 84.4 cm³/mol. The number of rotatable bonds is 2. The molecule has 4 heteroatoms. The third kappa shape index (κ3) is 2.16. The van der Waals surface area contributed by atoms with Gasteiger partial charge < -0.3 is 10.3 Å². The summed E-state index contributed by atoms with van der Waals surface area (Å²) < 4.78 is 6.34. The van der Waals surface area contributed by atoms with Gasteiger partial charge >= 0.3 is 0 Å². The highest BCUT2D eigenvalue weighted by atomic mass is 79.9. The summed E-state index contributed by atoms with van der Waals surface area (Å²) in [5.41, 5.74) is 9.32. The predicted octanol–water partition coefficient (Wildman–Crippen LogP) is 4.98. The van der Waals surface area contributed by atoms with Crippen LogP contribution in [0.1, 0.15) is 44.7 Å². The zero-order valence-corrected chi connectivity index (χ0v) is 13.4. The van der Waals surface area contributed by atoms with Crippen molar-refractivity contribution in [1.29, 1.82) is 0 Å². The highest BCUT2D eigenvalue weighted by Gasteiger charge is 2.39. The largest absolute Gasteiger partial charge is 0.367 e. The first-order valence-corrected chi connectivity index (χ1v) is 7.80. The molecule has 0 amide bonds. The maximum Gasteiger partial charge on any atom is 0.230 e. The van der Waals surface area contributed by atoms with E-state index in [0.717, 1.165) is 27.7 Å². The van der Waals surface area contributed by atoms with Gasteiger partial charge in [0.2, 0.25) is 5.88 Å². The second-order valence-corrected chi connectivity index (χ2v) is 7.07. The zero-order valence-electron chi connectivity index (χ0n) is 11.8. The Morgan fingerprint density at radius 3 is 2.75 bits per heavy atom. The van der Waals surface area contributed by atoms with Crippen molar-refractivity contribution in [3.63, 3.8) is 0 Å². The van der Waals surface area contributed by atoms with Crippen molar-refractivity contribution < 1.29 is 4.52 Å². The minimum absolute atomic E-state index is 0.249. The first-order chi connectivity index (χ1) is 9.50. The summed E-state index contributed by atoms with van der Waals surface area (Å²) in [5.74, 6) is 0.820. The summed E-state index contributed by atoms with van der Waals surface area (Å²) in [5, 5.41) is 4.29. The van der Waals surface area contributed by atoms with Crippen LogP contribution in [0.25, 0.3) is 11.1 Å². The monoisotopic (exact) mass is 334 g/mol. The van der Waals surface area contributed by atoms with Crippen LogP contribution in [0, 0.1) is 5.41 Å². The molecule has 0 saturated heterocycles. The van der Waals surface area contributed by atoms with Crippen LogP contribution in [0.2, 0.25) is 0 Å². The maximum atomic E-state index is 6.05. The Hall–Kier alpha value is -1.29. The molecule has 106 valence electrons. The van der Waals surface area contributed by atoms with E-state index >= 15 is 0 Å². The first kappa shape index (κ1) is 13.7. The quantitative estimate of drug-likeness (QED) is 0.842. The fourth-order valence-electron chi connectivity index (χ4n) is 3.32. The van der Waals surface area contributed by atoms with E-state index < -0.39 is 0 Å². The molecule has 1 fully saturated rings. The first-order valence-electron chi connectivity index (χ1n) is 7.00. The Morgan fingerprint density at radius 2 is 2.10 bits per heavy atom. The number of nitrogens with two attached hydrogens (primary N) is 1. The summed E-state index contributed by atoms with van der Waals surface area (Å²) >= 11 is 3.60. The fourth-order valence-corrected chi connectivity index (χ4v) is 3.81. The van der Waals surface area contributed by atoms with E-state index in [1.54, 1.807) is 0 Å². The van der Waals surface area contributed by atoms with Gasteiger partial charge in [0.25, 0.3) is 0 Å². The van der Waals surface area contributed by atoms with Crippen LogP contribution >= 0.6 is 15.9 Å². The second kappa shape index (κ2) is 4.92. The average Bonchev–Trinajstić information content (AvgIpc) is 2.93. The molecule has 1 unspecified atom stereocenters. The van der Waals surface area contributed by atoms with E-state index in [0.29, 0.717) is 11.8 Å². The Morgan fingerprint density at radius 1 is 1.35 bits per heavy atom. The molecular weight excluding hydrogens is 316 g/mol. The number of nitrogen functional groups attached to an aromatic ring is 1. The van der Waals surface area contributed by atoms with Crippen LogP contribution < -0.4 is 5.73 Å². The van der Waals surface area contributed by atoms with Crippen molar-refractivity contribution in [3.8, 4) is 11.1 Å². The topological polar surface area (TPSA) is 52.0 Å². The van der Waals surface area contributed by atoms with E-state index in [1.165, 1.54) is 12.8 Å². The molecule has 1 heterocycles. The molecule has 1 aromatic heterocycles. The summed E-state index contributed by atoms with van der Waals surface area (Å²) in [6.07, 6.45) is 3.61. The van der Waals surface area contributed by atoms with Gasteiger partial charge in [0.05, 0.1) is 11.3 Å². The van der Waals surface area contributed by atoms with Crippen molar-refractivity contribution in [2.75, 3.05) is 5.73 Å². The van der Waals surface area contributed by atoms with Crippen molar-refractivity contribution in [3.05, 3.63) is 34.4 Å². The molecule has 1 atom stereocenters. The van der Waals surface area contributed by atoms with Gasteiger partial charge in [0, 0.05) is 16.0 Å². The number of aromatic nitrogens is 1. The second-order valence-electron chi connectivity index (χ2n) is 6.22. The van der Waals surface area contributed by atoms with Crippen LogP contribution in [0.15, 0.2) is 33.3 Å². The van der Waals surface area contributed by atoms with Gasteiger partial charge in [-0.25, -0.2) is 0 Å². The number of hydrogen-bond acceptors (Lipinski definition) is 3. The molecule has 0 aliphatic heterocycles. The van der Waals surface area contributed by atoms with Gasteiger partial charge in [-0.15, -0.1) is 0 Å². The number of benzene rings is 1. The van der Waals surface area contributed by atoms with Gasteiger partial charge in [0.15, 0.2) is 0 Å². The SMILES string of the molecule is CC1(C)CCCC1c1noc(N)c1-c1ccccc1Br. The number of halogens is 1. The van der Waals surface area contributed by atoms with Gasteiger partial charge in [-0.1, -0.05) is 59.6 Å². The summed E-state index contributed by atoms with van der Waals surface area (Å²) in [7, 11) is 0. The minimum Gasteiger partial charge on any atom is -0.367 e. The molecule has 0 radical (unpaired) electrons. The molecular formula is C16H19BrN2O. The number of nitrogens with zero attached hydrogens (tertiary/aromatic N) is 1. The van der Waals surface area contributed by atoms with E-state index in [1.807, 2.05) is 18.2 Å². The molecule has 3 nitrogen and oxygen atoms in total. The smallest absolute Gasteiger partial charge is 0.230 e. The minimum atomic E-state index is 0.249. The Bertz CT molecular complexity index is 633. The molecule has 20 heavy (non-hydrogen) atoms. The van der Waals surface area contributed by atoms with Crippen molar-refractivity contribution in [2.24, 2.45) is 5.41 Å². The molecule has 1 aliphatic rings. The summed E-state index contributed by atoms with van der Waals surface area (Å²) in [4.78, 5) is 0. The lowest BCUT2D eigenvalue weighted by molar-refractivity contribution is 0.314. The highest BCUT2D eigenvalue weighted by Crippen LogP contribution is 2.52. The van der Waals surface area contributed by atoms with Crippen LogP contribution in [-0.4, -0.2) is 5.16 Å². The van der Waals surface area contributed by atoms with Gasteiger partial charge in [-0.3, -0.25) is 0 Å². The van der Waals surface area contributed by atoms with Crippen molar-refractivity contribution in [1.82, 2.24) is 5.16 Å². The summed E-state index contributed by atoms with van der Waals surface area (Å²) in [6.45, 7) is 4.61.